The molecule has 2 saturated carbocycles. The van der Waals surface area contributed by atoms with Gasteiger partial charge in [0.2, 0.25) is 0 Å². The first-order chi connectivity index (χ1) is 9.74. The molecule has 2 heterocycles. The molecule has 3 nitrogen and oxygen atoms in total. The topological polar surface area (TPSA) is 29.5 Å². The summed E-state index contributed by atoms with van der Waals surface area (Å²) in [6.07, 6.45) is 4.46. The Morgan fingerprint density at radius 2 is 2.05 bits per heavy atom. The summed E-state index contributed by atoms with van der Waals surface area (Å²) in [5, 5.41) is 2.11. The van der Waals surface area contributed by atoms with E-state index in [0.29, 0.717) is 0 Å². The van der Waals surface area contributed by atoms with E-state index in [1.54, 1.807) is 0 Å². The largest absolute Gasteiger partial charge is 0.465 e. The summed E-state index contributed by atoms with van der Waals surface area (Å²) in [4.78, 5) is 14.8. The first kappa shape index (κ1) is 12.8. The molecule has 108 valence electrons. The molecule has 4 rings (SSSR count). The van der Waals surface area contributed by atoms with Gasteiger partial charge in [0, 0.05) is 19.6 Å². The van der Waals surface area contributed by atoms with Gasteiger partial charge in [-0.1, -0.05) is 0 Å². The van der Waals surface area contributed by atoms with Gasteiger partial charge in [0.15, 0.2) is 0 Å². The zero-order valence-corrected chi connectivity index (χ0v) is 12.7. The maximum absolute atomic E-state index is 11.5. The Labute approximate surface area is 123 Å². The second kappa shape index (κ2) is 4.85. The van der Waals surface area contributed by atoms with Crippen LogP contribution in [0.5, 0.6) is 0 Å². The van der Waals surface area contributed by atoms with Crippen LogP contribution in [0.4, 0.5) is 0 Å². The summed E-state index contributed by atoms with van der Waals surface area (Å²) >= 11 is 1.50. The van der Waals surface area contributed by atoms with Crippen LogP contribution >= 0.6 is 11.3 Å². The third-order valence-corrected chi connectivity index (χ3v) is 6.62. The maximum Gasteiger partial charge on any atom is 0.348 e. The summed E-state index contributed by atoms with van der Waals surface area (Å²) in [5.41, 5.74) is 1.27. The van der Waals surface area contributed by atoms with E-state index in [1.165, 1.54) is 56.4 Å². The molecular formula is C16H21NO2S. The van der Waals surface area contributed by atoms with E-state index in [1.807, 2.05) is 6.07 Å². The highest BCUT2D eigenvalue weighted by Crippen LogP contribution is 2.55. The zero-order valence-electron chi connectivity index (χ0n) is 11.9. The van der Waals surface area contributed by atoms with Crippen molar-refractivity contribution >= 4 is 17.3 Å². The monoisotopic (exact) mass is 291 g/mol. The summed E-state index contributed by atoms with van der Waals surface area (Å²) in [6.45, 7) is 3.55. The van der Waals surface area contributed by atoms with Crippen molar-refractivity contribution in [1.82, 2.24) is 4.90 Å². The molecule has 0 radical (unpaired) electrons. The minimum atomic E-state index is -0.211. The molecule has 1 aromatic rings. The SMILES string of the molecule is COC(=O)c1cc(CN2C[C@@H]3[C@@H]4CC[C@@H](C4)[C@@H]3C2)cs1. The number of likely N-dealkylation sites (tertiary alicyclic amines) is 1. The van der Waals surface area contributed by atoms with E-state index in [0.717, 1.165) is 35.1 Å². The average Bonchev–Trinajstić information content (AvgIpc) is 3.19. The van der Waals surface area contributed by atoms with Crippen molar-refractivity contribution in [3.8, 4) is 0 Å². The fraction of sp³-hybridized carbons (Fsp3) is 0.688. The Bertz CT molecular complexity index is 508. The molecule has 3 fully saturated rings. The number of rotatable bonds is 3. The predicted molar refractivity (Wildman–Crippen MR) is 78.7 cm³/mol. The van der Waals surface area contributed by atoms with E-state index in [4.69, 9.17) is 4.74 Å². The Kier molecular flexibility index (Phi) is 3.11. The number of carbonyl (C=O) groups is 1. The lowest BCUT2D eigenvalue weighted by Gasteiger charge is -2.22. The van der Waals surface area contributed by atoms with Gasteiger partial charge < -0.3 is 4.74 Å². The zero-order chi connectivity index (χ0) is 13.7. The standard InChI is InChI=1S/C16H21NO2S/c1-19-16(18)15-4-10(9-20-15)6-17-7-13-11-2-3-12(5-11)14(13)8-17/h4,9,11-14H,2-3,5-8H2,1H3/t11-,12+,13-,14+. The van der Waals surface area contributed by atoms with Crippen LogP contribution in [0.3, 0.4) is 0 Å². The smallest absolute Gasteiger partial charge is 0.348 e. The lowest BCUT2D eigenvalue weighted by atomic mass is 9.82. The number of hydrogen-bond acceptors (Lipinski definition) is 4. The molecule has 4 atom stereocenters. The number of fused-ring (bicyclic) bond motifs is 5. The van der Waals surface area contributed by atoms with Gasteiger partial charge in [0.1, 0.15) is 4.88 Å². The number of hydrogen-bond donors (Lipinski definition) is 0. The van der Waals surface area contributed by atoms with Crippen LogP contribution in [0, 0.1) is 23.7 Å². The van der Waals surface area contributed by atoms with Gasteiger partial charge in [0.25, 0.3) is 0 Å². The molecule has 1 aliphatic heterocycles. The van der Waals surface area contributed by atoms with Gasteiger partial charge in [0.05, 0.1) is 7.11 Å². The van der Waals surface area contributed by atoms with Crippen molar-refractivity contribution in [2.24, 2.45) is 23.7 Å². The van der Waals surface area contributed by atoms with Crippen molar-refractivity contribution in [2.45, 2.75) is 25.8 Å². The molecule has 3 aliphatic rings. The van der Waals surface area contributed by atoms with Gasteiger partial charge in [-0.05, 0) is 59.9 Å². The molecule has 0 N–H and O–H groups in total. The Morgan fingerprint density at radius 3 is 2.70 bits per heavy atom. The predicted octanol–water partition coefficient (Wildman–Crippen LogP) is 3.01. The highest BCUT2D eigenvalue weighted by atomic mass is 32.1. The Morgan fingerprint density at radius 1 is 1.35 bits per heavy atom. The van der Waals surface area contributed by atoms with Crippen molar-refractivity contribution < 1.29 is 9.53 Å². The summed E-state index contributed by atoms with van der Waals surface area (Å²) in [5.74, 6) is 3.75. The molecule has 1 saturated heterocycles. The van der Waals surface area contributed by atoms with Crippen molar-refractivity contribution in [3.05, 3.63) is 21.9 Å². The average molecular weight is 291 g/mol. The van der Waals surface area contributed by atoms with Crippen LogP contribution in [-0.2, 0) is 11.3 Å². The van der Waals surface area contributed by atoms with E-state index in [2.05, 4.69) is 10.3 Å². The Balaban J connectivity index is 1.41. The lowest BCUT2D eigenvalue weighted by Crippen LogP contribution is -2.22. The molecule has 0 unspecified atom stereocenters. The van der Waals surface area contributed by atoms with E-state index in [9.17, 15) is 4.79 Å². The van der Waals surface area contributed by atoms with Crippen LogP contribution in [0.2, 0.25) is 0 Å². The van der Waals surface area contributed by atoms with Crippen LogP contribution in [0.1, 0.15) is 34.5 Å². The van der Waals surface area contributed by atoms with Gasteiger partial charge in [-0.2, -0.15) is 0 Å². The van der Waals surface area contributed by atoms with Gasteiger partial charge >= 0.3 is 5.97 Å². The van der Waals surface area contributed by atoms with Crippen LogP contribution in [0.15, 0.2) is 11.4 Å². The number of ether oxygens (including phenoxy) is 1. The number of carbonyl (C=O) groups excluding carboxylic acids is 1. The van der Waals surface area contributed by atoms with Crippen LogP contribution < -0.4 is 0 Å². The molecule has 0 spiro atoms. The molecule has 4 heteroatoms. The normalized spacial score (nSPS) is 35.5. The molecule has 20 heavy (non-hydrogen) atoms. The second-order valence-corrected chi connectivity index (χ2v) is 7.58. The van der Waals surface area contributed by atoms with Crippen molar-refractivity contribution in [2.75, 3.05) is 20.2 Å². The van der Waals surface area contributed by atoms with Crippen LogP contribution in [0.25, 0.3) is 0 Å². The lowest BCUT2D eigenvalue weighted by molar-refractivity contribution is 0.0606. The number of methoxy groups -OCH3 is 1. The molecule has 2 bridgehead atoms. The Hall–Kier alpha value is -0.870. The number of nitrogens with zero attached hydrogens (tertiary/aromatic N) is 1. The van der Waals surface area contributed by atoms with Crippen molar-refractivity contribution in [1.29, 1.82) is 0 Å². The fourth-order valence-corrected chi connectivity index (χ4v) is 5.64. The summed E-state index contributed by atoms with van der Waals surface area (Å²) in [7, 11) is 1.44. The highest BCUT2D eigenvalue weighted by Gasteiger charge is 2.51. The van der Waals surface area contributed by atoms with Gasteiger partial charge in [-0.3, -0.25) is 4.90 Å². The van der Waals surface area contributed by atoms with E-state index < -0.39 is 0 Å². The molecular weight excluding hydrogens is 270 g/mol. The van der Waals surface area contributed by atoms with Crippen molar-refractivity contribution in [3.63, 3.8) is 0 Å². The third kappa shape index (κ3) is 2.01. The van der Waals surface area contributed by atoms with E-state index >= 15 is 0 Å². The third-order valence-electron chi connectivity index (χ3n) is 5.66. The highest BCUT2D eigenvalue weighted by molar-refractivity contribution is 7.12. The molecule has 1 aromatic heterocycles. The minimum Gasteiger partial charge on any atom is -0.465 e. The first-order valence-corrected chi connectivity index (χ1v) is 8.50. The van der Waals surface area contributed by atoms with Crippen LogP contribution in [-0.4, -0.2) is 31.1 Å². The maximum atomic E-state index is 11.5. The minimum absolute atomic E-state index is 0.211. The second-order valence-electron chi connectivity index (χ2n) is 6.67. The van der Waals surface area contributed by atoms with E-state index in [-0.39, 0.29) is 5.97 Å². The summed E-state index contributed by atoms with van der Waals surface area (Å²) < 4.78 is 4.77. The quantitative estimate of drug-likeness (QED) is 0.802. The fourth-order valence-electron chi connectivity index (χ4n) is 4.82. The molecule has 0 aromatic carbocycles. The molecule has 0 amide bonds. The first-order valence-electron chi connectivity index (χ1n) is 7.62. The number of thiophene rings is 1. The van der Waals surface area contributed by atoms with Gasteiger partial charge in [-0.25, -0.2) is 4.79 Å². The number of esters is 1. The van der Waals surface area contributed by atoms with Gasteiger partial charge in [-0.15, -0.1) is 11.3 Å². The summed E-state index contributed by atoms with van der Waals surface area (Å²) in [6, 6.07) is 2.00. The molecule has 2 aliphatic carbocycles.